The number of halogens is 2. The maximum absolute atomic E-state index is 16.1. The van der Waals surface area contributed by atoms with Crippen molar-refractivity contribution in [3.05, 3.63) is 58.6 Å². The van der Waals surface area contributed by atoms with Crippen molar-refractivity contribution in [1.29, 1.82) is 0 Å². The summed E-state index contributed by atoms with van der Waals surface area (Å²) in [5, 5.41) is 10.2. The Labute approximate surface area is 251 Å². The zero-order chi connectivity index (χ0) is 30.0. The van der Waals surface area contributed by atoms with Crippen molar-refractivity contribution in [3.8, 4) is 0 Å². The minimum Gasteiger partial charge on any atom is -0.394 e. The van der Waals surface area contributed by atoms with Gasteiger partial charge in [-0.1, -0.05) is 30.7 Å². The van der Waals surface area contributed by atoms with Crippen molar-refractivity contribution in [3.63, 3.8) is 0 Å². The third-order valence-corrected chi connectivity index (χ3v) is 12.3. The van der Waals surface area contributed by atoms with E-state index in [1.807, 2.05) is 31.2 Å². The van der Waals surface area contributed by atoms with Gasteiger partial charge in [-0.05, 0) is 61.8 Å². The van der Waals surface area contributed by atoms with Gasteiger partial charge in [0.05, 0.1) is 37.4 Å². The van der Waals surface area contributed by atoms with E-state index in [4.69, 9.17) is 16.3 Å². The number of fused-ring (bicyclic) bond motifs is 2. The summed E-state index contributed by atoms with van der Waals surface area (Å²) in [4.78, 5) is 44.9. The lowest BCUT2D eigenvalue weighted by Crippen LogP contribution is -2.45. The van der Waals surface area contributed by atoms with Gasteiger partial charge in [-0.3, -0.25) is 14.4 Å². The lowest BCUT2D eigenvalue weighted by Gasteiger charge is -2.31. The SMILES string of the molecule is C[C@H]1[C@H]([Si](C)(C)F)[C@@H](CC(=O)N2CCC[C@H]2CO)O[C@]12C(=O)N(Cc1ccc(N3CCC3=O)cc1)c1ccc(Cl)cc12. The number of β-lactam (4-membered cyclic amide) rings is 1. The fourth-order valence-corrected chi connectivity index (χ4v) is 10.2. The van der Waals surface area contributed by atoms with E-state index in [-0.39, 0.29) is 43.3 Å². The van der Waals surface area contributed by atoms with Gasteiger partial charge in [-0.2, -0.15) is 0 Å². The zero-order valence-corrected chi connectivity index (χ0v) is 25.9. The summed E-state index contributed by atoms with van der Waals surface area (Å²) >= 11 is 6.46. The molecule has 11 heteroatoms. The van der Waals surface area contributed by atoms with Crippen molar-refractivity contribution in [1.82, 2.24) is 4.90 Å². The molecule has 8 nitrogen and oxygen atoms in total. The Kier molecular flexibility index (Phi) is 7.48. The van der Waals surface area contributed by atoms with E-state index in [0.29, 0.717) is 35.8 Å². The van der Waals surface area contributed by atoms with Crippen LogP contribution in [-0.2, 0) is 31.3 Å². The van der Waals surface area contributed by atoms with Crippen LogP contribution < -0.4 is 9.80 Å². The van der Waals surface area contributed by atoms with Crippen LogP contribution in [0, 0.1) is 5.92 Å². The summed E-state index contributed by atoms with van der Waals surface area (Å²) in [5.41, 5.74) is 0.866. The number of nitrogens with zero attached hydrogens (tertiary/aromatic N) is 3. The molecule has 4 aliphatic rings. The number of likely N-dealkylation sites (tertiary alicyclic amines) is 1. The van der Waals surface area contributed by atoms with Crippen LogP contribution in [0.2, 0.25) is 23.7 Å². The average molecular weight is 614 g/mol. The Morgan fingerprint density at radius 2 is 1.90 bits per heavy atom. The van der Waals surface area contributed by atoms with Gasteiger partial charge in [0, 0.05) is 47.2 Å². The van der Waals surface area contributed by atoms with Crippen LogP contribution in [0.5, 0.6) is 0 Å². The van der Waals surface area contributed by atoms with Crippen LogP contribution in [-0.4, -0.2) is 68.0 Å². The number of ether oxygens (including phenoxy) is 1. The monoisotopic (exact) mass is 613 g/mol. The van der Waals surface area contributed by atoms with Gasteiger partial charge >= 0.3 is 0 Å². The Bertz CT molecular complexity index is 1420. The van der Waals surface area contributed by atoms with E-state index in [2.05, 4.69) is 0 Å². The van der Waals surface area contributed by atoms with Gasteiger partial charge in [0.25, 0.3) is 5.91 Å². The fraction of sp³-hybridized carbons (Fsp3) is 0.516. The summed E-state index contributed by atoms with van der Waals surface area (Å²) in [6.45, 7) is 6.48. The third kappa shape index (κ3) is 4.67. The van der Waals surface area contributed by atoms with Crippen molar-refractivity contribution < 1.29 is 28.3 Å². The Hall–Kier alpha value is -2.79. The summed E-state index contributed by atoms with van der Waals surface area (Å²) in [5.74, 6) is -0.917. The predicted octanol–water partition coefficient (Wildman–Crippen LogP) is 4.77. The number of carbonyl (C=O) groups excluding carboxylic acids is 3. The smallest absolute Gasteiger partial charge is 0.264 e. The molecule has 0 unspecified atom stereocenters. The predicted molar refractivity (Wildman–Crippen MR) is 161 cm³/mol. The van der Waals surface area contributed by atoms with Crippen molar-refractivity contribution in [2.75, 3.05) is 29.5 Å². The quantitative estimate of drug-likeness (QED) is 0.276. The molecule has 3 saturated heterocycles. The first-order valence-corrected chi connectivity index (χ1v) is 18.1. The summed E-state index contributed by atoms with van der Waals surface area (Å²) in [6.07, 6.45) is 1.26. The van der Waals surface area contributed by atoms with Crippen molar-refractivity contribution in [2.24, 2.45) is 5.92 Å². The van der Waals surface area contributed by atoms with Gasteiger partial charge in [0.15, 0.2) is 5.60 Å². The number of anilines is 2. The second-order valence-electron chi connectivity index (χ2n) is 12.6. The number of amides is 3. The lowest BCUT2D eigenvalue weighted by atomic mass is 9.82. The molecule has 1 N–H and O–H groups in total. The van der Waals surface area contributed by atoms with Crippen LogP contribution in [0.15, 0.2) is 42.5 Å². The molecule has 0 radical (unpaired) electrons. The first kappa shape index (κ1) is 29.3. The normalized spacial score (nSPS) is 29.0. The summed E-state index contributed by atoms with van der Waals surface area (Å²) in [7, 11) is -3.44. The molecule has 1 spiro atoms. The van der Waals surface area contributed by atoms with Crippen LogP contribution >= 0.6 is 11.6 Å². The van der Waals surface area contributed by atoms with E-state index in [0.717, 1.165) is 24.1 Å². The molecule has 42 heavy (non-hydrogen) atoms. The van der Waals surface area contributed by atoms with Gasteiger partial charge in [0.2, 0.25) is 20.2 Å². The standard InChI is InChI=1S/C31H37ClFN3O5Si/c1-19-29(42(2,3)33)26(16-28(39)34-13-4-5-23(34)18-37)41-31(19)24-15-21(32)8-11-25(24)36(30(31)40)17-20-6-9-22(10-7-20)35-14-12-27(35)38/h6-11,15,19,23,26,29,37H,4-5,12-14,16-18H2,1-3H3/t19-,23-,26+,29-,31+/m0/s1. The Morgan fingerprint density at radius 3 is 2.52 bits per heavy atom. The number of hydrogen-bond donors (Lipinski definition) is 1. The number of rotatable bonds is 7. The molecule has 2 aromatic rings. The maximum atomic E-state index is 16.1. The molecule has 4 aliphatic heterocycles. The molecule has 0 saturated carbocycles. The number of aliphatic hydroxyl groups excluding tert-OH is 1. The lowest BCUT2D eigenvalue weighted by molar-refractivity contribution is -0.150. The van der Waals surface area contributed by atoms with E-state index in [1.54, 1.807) is 46.0 Å². The van der Waals surface area contributed by atoms with Gasteiger partial charge in [0.1, 0.15) is 0 Å². The largest absolute Gasteiger partial charge is 0.394 e. The van der Waals surface area contributed by atoms with Crippen molar-refractivity contribution in [2.45, 2.75) is 75.5 Å². The van der Waals surface area contributed by atoms with E-state index in [1.165, 1.54) is 0 Å². The van der Waals surface area contributed by atoms with Crippen LogP contribution in [0.25, 0.3) is 0 Å². The van der Waals surface area contributed by atoms with Gasteiger partial charge < -0.3 is 28.7 Å². The number of aliphatic hydroxyl groups is 1. The average Bonchev–Trinajstić information content (AvgIpc) is 3.59. The number of hydrogen-bond acceptors (Lipinski definition) is 5. The molecule has 0 aromatic heterocycles. The van der Waals surface area contributed by atoms with Gasteiger partial charge in [-0.25, -0.2) is 0 Å². The molecular formula is C31H37ClFN3O5Si. The molecule has 3 fully saturated rings. The minimum atomic E-state index is -3.44. The third-order valence-electron chi connectivity index (χ3n) is 9.65. The highest BCUT2D eigenvalue weighted by atomic mass is 35.5. The highest BCUT2D eigenvalue weighted by molar-refractivity contribution is 6.72. The molecule has 224 valence electrons. The topological polar surface area (TPSA) is 90.4 Å². The second-order valence-corrected chi connectivity index (χ2v) is 16.8. The van der Waals surface area contributed by atoms with Crippen molar-refractivity contribution >= 4 is 49.1 Å². The molecule has 0 bridgehead atoms. The molecule has 5 atom stereocenters. The minimum absolute atomic E-state index is 0.0481. The molecule has 4 heterocycles. The van der Waals surface area contributed by atoms with Gasteiger partial charge in [-0.15, -0.1) is 0 Å². The Balaban J connectivity index is 1.33. The summed E-state index contributed by atoms with van der Waals surface area (Å²) in [6, 6.07) is 12.6. The second kappa shape index (κ2) is 10.7. The molecule has 0 aliphatic carbocycles. The highest BCUT2D eigenvalue weighted by Gasteiger charge is 2.67. The number of benzene rings is 2. The Morgan fingerprint density at radius 1 is 1.17 bits per heavy atom. The molecule has 6 rings (SSSR count). The zero-order valence-electron chi connectivity index (χ0n) is 24.2. The molecular weight excluding hydrogens is 577 g/mol. The highest BCUT2D eigenvalue weighted by Crippen LogP contribution is 2.60. The van der Waals surface area contributed by atoms with E-state index < -0.39 is 31.6 Å². The van der Waals surface area contributed by atoms with E-state index in [9.17, 15) is 19.5 Å². The van der Waals surface area contributed by atoms with Crippen LogP contribution in [0.4, 0.5) is 15.5 Å². The number of carbonyl (C=O) groups is 3. The first-order valence-electron chi connectivity index (χ1n) is 14.7. The maximum Gasteiger partial charge on any atom is 0.264 e. The van der Waals surface area contributed by atoms with Crippen LogP contribution in [0.1, 0.15) is 43.7 Å². The van der Waals surface area contributed by atoms with E-state index >= 15 is 4.11 Å². The fourth-order valence-electron chi connectivity index (χ4n) is 7.57. The van der Waals surface area contributed by atoms with Crippen LogP contribution in [0.3, 0.4) is 0 Å². The molecule has 2 aromatic carbocycles. The summed E-state index contributed by atoms with van der Waals surface area (Å²) < 4.78 is 22.8. The first-order chi connectivity index (χ1) is 20.0. The molecule has 3 amide bonds.